The summed E-state index contributed by atoms with van der Waals surface area (Å²) in [5.74, 6) is 2.49. The number of thioether (sulfide) groups is 1. The van der Waals surface area contributed by atoms with Crippen molar-refractivity contribution < 1.29 is 4.39 Å². The van der Waals surface area contributed by atoms with Crippen LogP contribution in [0.2, 0.25) is 0 Å². The minimum absolute atomic E-state index is 0.244. The zero-order valence-electron chi connectivity index (χ0n) is 13.7. The van der Waals surface area contributed by atoms with E-state index < -0.39 is 0 Å². The van der Waals surface area contributed by atoms with Crippen molar-refractivity contribution in [2.75, 3.05) is 63.1 Å². The van der Waals surface area contributed by atoms with Crippen LogP contribution in [0.4, 0.5) is 10.1 Å². The molecule has 3 N–H and O–H groups in total. The Kier molecular flexibility index (Phi) is 7.64. The van der Waals surface area contributed by atoms with Gasteiger partial charge < -0.3 is 20.9 Å². The van der Waals surface area contributed by atoms with Gasteiger partial charge >= 0.3 is 0 Å². The molecule has 0 aromatic heterocycles. The first-order chi connectivity index (χ1) is 11.2. The first-order valence-electron chi connectivity index (χ1n) is 7.97. The van der Waals surface area contributed by atoms with Crippen molar-refractivity contribution in [3.8, 4) is 0 Å². The highest BCUT2D eigenvalue weighted by molar-refractivity contribution is 7.99. The number of rotatable bonds is 6. The molecular weight excluding hydrogens is 313 g/mol. The van der Waals surface area contributed by atoms with E-state index in [2.05, 4.69) is 22.2 Å². The van der Waals surface area contributed by atoms with E-state index in [0.717, 1.165) is 55.9 Å². The van der Waals surface area contributed by atoms with Gasteiger partial charge in [-0.15, -0.1) is 0 Å². The van der Waals surface area contributed by atoms with Crippen LogP contribution >= 0.6 is 11.8 Å². The second kappa shape index (κ2) is 9.75. The summed E-state index contributed by atoms with van der Waals surface area (Å²) in [6.07, 6.45) is 0. The topological polar surface area (TPSA) is 56.9 Å². The van der Waals surface area contributed by atoms with Crippen molar-refractivity contribution in [1.29, 1.82) is 0 Å². The fraction of sp³-hybridized carbons (Fsp3) is 0.562. The second-order valence-corrected chi connectivity index (χ2v) is 6.76. The van der Waals surface area contributed by atoms with E-state index in [4.69, 9.17) is 10.7 Å². The number of anilines is 1. The van der Waals surface area contributed by atoms with Crippen molar-refractivity contribution in [3.05, 3.63) is 30.1 Å². The van der Waals surface area contributed by atoms with Crippen LogP contribution in [0.5, 0.6) is 0 Å². The summed E-state index contributed by atoms with van der Waals surface area (Å²) in [5, 5.41) is 3.28. The van der Waals surface area contributed by atoms with Gasteiger partial charge in [0.2, 0.25) is 0 Å². The molecule has 0 spiro atoms. The van der Waals surface area contributed by atoms with Crippen molar-refractivity contribution in [2.24, 2.45) is 10.7 Å². The van der Waals surface area contributed by atoms with Crippen molar-refractivity contribution in [2.45, 2.75) is 0 Å². The Morgan fingerprint density at radius 1 is 1.30 bits per heavy atom. The Bertz CT molecular complexity index is 503. The fourth-order valence-electron chi connectivity index (χ4n) is 2.33. The highest BCUT2D eigenvalue weighted by atomic mass is 32.2. The van der Waals surface area contributed by atoms with Crippen LogP contribution in [0.15, 0.2) is 29.3 Å². The Hall–Kier alpha value is -1.31. The lowest BCUT2D eigenvalue weighted by molar-refractivity contribution is 0.215. The maximum Gasteiger partial charge on any atom is 0.198 e. The number of nitrogens with one attached hydrogen (secondary N) is 1. The van der Waals surface area contributed by atoms with Crippen LogP contribution < -0.4 is 11.1 Å². The lowest BCUT2D eigenvalue weighted by Crippen LogP contribution is -2.49. The van der Waals surface area contributed by atoms with Crippen molar-refractivity contribution in [1.82, 2.24) is 9.80 Å². The third kappa shape index (κ3) is 6.37. The van der Waals surface area contributed by atoms with Gasteiger partial charge in [-0.3, -0.25) is 4.99 Å². The Morgan fingerprint density at radius 3 is 2.78 bits per heavy atom. The second-order valence-electron chi connectivity index (χ2n) is 5.53. The van der Waals surface area contributed by atoms with Gasteiger partial charge in [0, 0.05) is 49.9 Å². The number of hydrogen-bond donors (Lipinski definition) is 2. The SMILES string of the molecule is CN1CCN(C(=NCCSCCN)Nc2cccc(F)c2)CC1. The van der Waals surface area contributed by atoms with Gasteiger partial charge in [-0.25, -0.2) is 4.39 Å². The third-order valence-electron chi connectivity index (χ3n) is 3.64. The van der Waals surface area contributed by atoms with Gasteiger partial charge in [-0.05, 0) is 25.2 Å². The number of benzene rings is 1. The number of halogens is 1. The highest BCUT2D eigenvalue weighted by Crippen LogP contribution is 2.11. The zero-order chi connectivity index (χ0) is 16.5. The monoisotopic (exact) mass is 339 g/mol. The molecule has 1 aromatic carbocycles. The number of guanidine groups is 1. The van der Waals surface area contributed by atoms with E-state index in [0.29, 0.717) is 6.54 Å². The van der Waals surface area contributed by atoms with E-state index >= 15 is 0 Å². The molecule has 1 aliphatic heterocycles. The van der Waals surface area contributed by atoms with Crippen LogP contribution in [-0.4, -0.2) is 73.6 Å². The summed E-state index contributed by atoms with van der Waals surface area (Å²) < 4.78 is 13.4. The molecule has 5 nitrogen and oxygen atoms in total. The molecule has 7 heteroatoms. The molecule has 1 heterocycles. The summed E-state index contributed by atoms with van der Waals surface area (Å²) in [6, 6.07) is 6.50. The van der Waals surface area contributed by atoms with E-state index in [-0.39, 0.29) is 5.82 Å². The number of likely N-dealkylation sites (N-methyl/N-ethyl adjacent to an activating group) is 1. The lowest BCUT2D eigenvalue weighted by atomic mass is 10.3. The standard InChI is InChI=1S/C16H26FN5S/c1-21-7-9-22(10-8-21)16(19-6-12-23-11-5-18)20-15-4-2-3-14(17)13-15/h2-4,13H,5-12,18H2,1H3,(H,19,20). The van der Waals surface area contributed by atoms with E-state index in [9.17, 15) is 4.39 Å². The molecule has 0 aliphatic carbocycles. The number of piperazine rings is 1. The minimum Gasteiger partial charge on any atom is -0.340 e. The molecule has 1 aliphatic rings. The maximum absolute atomic E-state index is 13.4. The summed E-state index contributed by atoms with van der Waals surface area (Å²) >= 11 is 1.80. The number of nitrogens with two attached hydrogens (primary N) is 1. The van der Waals surface area contributed by atoms with Crippen LogP contribution in [0.3, 0.4) is 0 Å². The van der Waals surface area contributed by atoms with Crippen LogP contribution in [0.25, 0.3) is 0 Å². The molecule has 0 amide bonds. The summed E-state index contributed by atoms with van der Waals surface area (Å²) in [7, 11) is 2.12. The molecule has 1 aromatic rings. The average Bonchev–Trinajstić information content (AvgIpc) is 2.54. The van der Waals surface area contributed by atoms with E-state index in [1.807, 2.05) is 6.07 Å². The predicted octanol–water partition coefficient (Wildman–Crippen LogP) is 1.53. The molecule has 0 unspecified atom stereocenters. The normalized spacial score (nSPS) is 16.7. The first kappa shape index (κ1) is 18.0. The van der Waals surface area contributed by atoms with Crippen LogP contribution in [-0.2, 0) is 0 Å². The van der Waals surface area contributed by atoms with Crippen molar-refractivity contribution in [3.63, 3.8) is 0 Å². The smallest absolute Gasteiger partial charge is 0.198 e. The summed E-state index contributed by atoms with van der Waals surface area (Å²) in [4.78, 5) is 9.23. The molecule has 0 atom stereocenters. The Morgan fingerprint density at radius 2 is 2.09 bits per heavy atom. The van der Waals surface area contributed by atoms with E-state index in [1.165, 1.54) is 12.1 Å². The largest absolute Gasteiger partial charge is 0.340 e. The number of hydrogen-bond acceptors (Lipinski definition) is 4. The third-order valence-corrected chi connectivity index (χ3v) is 4.64. The Labute approximate surface area is 142 Å². The minimum atomic E-state index is -0.244. The van der Waals surface area contributed by atoms with Crippen LogP contribution in [0.1, 0.15) is 0 Å². The number of nitrogens with zero attached hydrogens (tertiary/aromatic N) is 3. The molecule has 23 heavy (non-hydrogen) atoms. The van der Waals surface area contributed by atoms with Gasteiger partial charge in [0.05, 0.1) is 6.54 Å². The quantitative estimate of drug-likeness (QED) is 0.468. The van der Waals surface area contributed by atoms with Crippen LogP contribution in [0, 0.1) is 5.82 Å². The first-order valence-corrected chi connectivity index (χ1v) is 9.13. The average molecular weight is 339 g/mol. The summed E-state index contributed by atoms with van der Waals surface area (Å²) in [5.41, 5.74) is 6.23. The molecule has 2 rings (SSSR count). The molecular formula is C16H26FN5S. The van der Waals surface area contributed by atoms with Gasteiger partial charge in [-0.2, -0.15) is 11.8 Å². The zero-order valence-corrected chi connectivity index (χ0v) is 14.5. The molecule has 1 fully saturated rings. The summed E-state index contributed by atoms with van der Waals surface area (Å²) in [6.45, 7) is 5.29. The van der Waals surface area contributed by atoms with Gasteiger partial charge in [-0.1, -0.05) is 6.07 Å². The fourth-order valence-corrected chi connectivity index (χ4v) is 2.92. The highest BCUT2D eigenvalue weighted by Gasteiger charge is 2.17. The molecule has 0 bridgehead atoms. The maximum atomic E-state index is 13.4. The predicted molar refractivity (Wildman–Crippen MR) is 97.8 cm³/mol. The molecule has 128 valence electrons. The molecule has 0 radical (unpaired) electrons. The van der Waals surface area contributed by atoms with Gasteiger partial charge in [0.1, 0.15) is 5.82 Å². The van der Waals surface area contributed by atoms with Crippen molar-refractivity contribution >= 4 is 23.4 Å². The van der Waals surface area contributed by atoms with Gasteiger partial charge in [0.15, 0.2) is 5.96 Å². The number of aliphatic imine (C=N–C) groups is 1. The molecule has 0 saturated carbocycles. The lowest BCUT2D eigenvalue weighted by Gasteiger charge is -2.34. The van der Waals surface area contributed by atoms with E-state index in [1.54, 1.807) is 17.8 Å². The molecule has 1 saturated heterocycles. The van der Waals surface area contributed by atoms with Gasteiger partial charge in [0.25, 0.3) is 0 Å². The Balaban J connectivity index is 1.99.